The van der Waals surface area contributed by atoms with Gasteiger partial charge in [0.15, 0.2) is 16.3 Å². The zero-order valence-electron chi connectivity index (χ0n) is 17.3. The number of nitrogens with one attached hydrogen (secondary N) is 1. The monoisotopic (exact) mass is 437 g/mol. The second-order valence-electron chi connectivity index (χ2n) is 7.11. The van der Waals surface area contributed by atoms with Crippen LogP contribution in [0.2, 0.25) is 0 Å². The fourth-order valence-corrected chi connectivity index (χ4v) is 4.34. The number of benzene rings is 3. The molecule has 6 nitrogen and oxygen atoms in total. The summed E-state index contributed by atoms with van der Waals surface area (Å²) in [6, 6.07) is 29.3. The highest BCUT2D eigenvalue weighted by atomic mass is 32.1. The summed E-state index contributed by atoms with van der Waals surface area (Å²) in [6.45, 7) is 1.77. The number of nitrogens with zero attached hydrogens (tertiary/aromatic N) is 4. The average molecular weight is 438 g/mol. The number of aliphatic imine (C=N–C) groups is 1. The van der Waals surface area contributed by atoms with Crippen molar-refractivity contribution < 1.29 is 0 Å². The van der Waals surface area contributed by atoms with E-state index < -0.39 is 0 Å². The predicted molar refractivity (Wildman–Crippen MR) is 129 cm³/mol. The first-order valence-electron chi connectivity index (χ1n) is 10.1. The van der Waals surface area contributed by atoms with Crippen molar-refractivity contribution in [3.8, 4) is 5.69 Å². The molecule has 0 aliphatic rings. The summed E-state index contributed by atoms with van der Waals surface area (Å²) in [5, 5.41) is 0. The molecule has 0 saturated heterocycles. The van der Waals surface area contributed by atoms with Gasteiger partial charge in [-0.25, -0.2) is 15.0 Å². The Morgan fingerprint density at radius 1 is 0.906 bits per heavy atom. The minimum absolute atomic E-state index is 0.176. The molecule has 5 aromatic rings. The summed E-state index contributed by atoms with van der Waals surface area (Å²) >= 11 is 1.30. The van der Waals surface area contributed by atoms with E-state index in [0.29, 0.717) is 26.8 Å². The van der Waals surface area contributed by atoms with Crippen LogP contribution in [0.5, 0.6) is 0 Å². The third kappa shape index (κ3) is 3.93. The van der Waals surface area contributed by atoms with Gasteiger partial charge in [-0.3, -0.25) is 9.36 Å². The Hall–Kier alpha value is -4.10. The van der Waals surface area contributed by atoms with Crippen molar-refractivity contribution in [2.75, 3.05) is 0 Å². The van der Waals surface area contributed by atoms with Gasteiger partial charge in [0.2, 0.25) is 0 Å². The van der Waals surface area contributed by atoms with E-state index in [1.807, 2.05) is 95.6 Å². The molecule has 0 bridgehead atoms. The number of aryl methyl sites for hydroxylation is 1. The zero-order valence-corrected chi connectivity index (χ0v) is 18.1. The van der Waals surface area contributed by atoms with Crippen LogP contribution in [0.15, 0.2) is 106 Å². The zero-order chi connectivity index (χ0) is 21.9. The van der Waals surface area contributed by atoms with Gasteiger partial charge in [-0.05, 0) is 31.2 Å². The van der Waals surface area contributed by atoms with Gasteiger partial charge in [-0.2, -0.15) is 0 Å². The fourth-order valence-electron chi connectivity index (χ4n) is 3.37. The number of fused-ring (bicyclic) bond motifs is 1. The van der Waals surface area contributed by atoms with Crippen LogP contribution >= 0.6 is 11.3 Å². The highest BCUT2D eigenvalue weighted by Gasteiger charge is 2.14. The molecule has 0 spiro atoms. The highest BCUT2D eigenvalue weighted by molar-refractivity contribution is 7.16. The van der Waals surface area contributed by atoms with Crippen molar-refractivity contribution in [3.05, 3.63) is 118 Å². The molecule has 2 heterocycles. The van der Waals surface area contributed by atoms with E-state index in [9.17, 15) is 4.79 Å². The van der Waals surface area contributed by atoms with Crippen molar-refractivity contribution in [2.45, 2.75) is 6.92 Å². The van der Waals surface area contributed by atoms with E-state index in [-0.39, 0.29) is 5.56 Å². The van der Waals surface area contributed by atoms with Crippen molar-refractivity contribution >= 4 is 33.2 Å². The standard InChI is InChI=1S/C25H19N5OS/c1-17-26-23-21(24(31)27-17)32-25(30(23)20-15-9-4-10-16-20)29-22(18-11-5-2-6-12-18)28-19-13-7-3-8-14-19/h2-16H,1H3,(H,26,27,31). The minimum Gasteiger partial charge on any atom is -0.309 e. The smallest absolute Gasteiger partial charge is 0.270 e. The van der Waals surface area contributed by atoms with Gasteiger partial charge < -0.3 is 4.98 Å². The maximum absolute atomic E-state index is 12.7. The molecule has 32 heavy (non-hydrogen) atoms. The predicted octanol–water partition coefficient (Wildman–Crippen LogP) is 4.76. The lowest BCUT2D eigenvalue weighted by Crippen LogP contribution is -2.16. The van der Waals surface area contributed by atoms with Gasteiger partial charge in [0.1, 0.15) is 10.5 Å². The van der Waals surface area contributed by atoms with E-state index in [1.165, 1.54) is 11.3 Å². The molecule has 0 atom stereocenters. The Morgan fingerprint density at radius 2 is 1.53 bits per heavy atom. The lowest BCUT2D eigenvalue weighted by atomic mass is 10.2. The van der Waals surface area contributed by atoms with Crippen molar-refractivity contribution in [2.24, 2.45) is 9.98 Å². The van der Waals surface area contributed by atoms with E-state index in [1.54, 1.807) is 6.92 Å². The van der Waals surface area contributed by atoms with E-state index >= 15 is 0 Å². The van der Waals surface area contributed by atoms with E-state index in [2.05, 4.69) is 9.97 Å². The van der Waals surface area contributed by atoms with Gasteiger partial charge in [0, 0.05) is 11.3 Å². The summed E-state index contributed by atoms with van der Waals surface area (Å²) in [5.41, 5.74) is 2.96. The molecule has 5 rings (SSSR count). The molecule has 0 saturated carbocycles. The first-order chi connectivity index (χ1) is 15.7. The number of para-hydroxylation sites is 2. The Balaban J connectivity index is 1.84. The van der Waals surface area contributed by atoms with Crippen molar-refractivity contribution in [1.82, 2.24) is 14.5 Å². The quantitative estimate of drug-likeness (QED) is 0.326. The molecule has 3 aromatic carbocycles. The first-order valence-corrected chi connectivity index (χ1v) is 10.9. The third-order valence-corrected chi connectivity index (χ3v) is 5.84. The summed E-state index contributed by atoms with van der Waals surface area (Å²) in [5.74, 6) is 1.11. The Labute approximate surface area is 187 Å². The number of hydrogen-bond acceptors (Lipinski definition) is 4. The van der Waals surface area contributed by atoms with Crippen molar-refractivity contribution in [1.29, 1.82) is 0 Å². The van der Waals surface area contributed by atoms with Crippen LogP contribution in [0, 0.1) is 6.92 Å². The summed E-state index contributed by atoms with van der Waals surface area (Å²) in [7, 11) is 0. The molecule has 7 heteroatoms. The summed E-state index contributed by atoms with van der Waals surface area (Å²) in [6.07, 6.45) is 0. The maximum atomic E-state index is 12.7. The lowest BCUT2D eigenvalue weighted by molar-refractivity contribution is 0.984. The topological polar surface area (TPSA) is 75.4 Å². The van der Waals surface area contributed by atoms with Crippen LogP contribution in [-0.2, 0) is 0 Å². The van der Waals surface area contributed by atoms with Gasteiger partial charge in [0.25, 0.3) is 5.56 Å². The van der Waals surface area contributed by atoms with Gasteiger partial charge >= 0.3 is 0 Å². The van der Waals surface area contributed by atoms with Crippen LogP contribution in [0.3, 0.4) is 0 Å². The number of H-pyrrole nitrogens is 1. The van der Waals surface area contributed by atoms with Crippen LogP contribution in [0.1, 0.15) is 11.4 Å². The number of rotatable bonds is 3. The lowest BCUT2D eigenvalue weighted by Gasteiger charge is -2.06. The Morgan fingerprint density at radius 3 is 2.22 bits per heavy atom. The van der Waals surface area contributed by atoms with Crippen LogP contribution in [0.25, 0.3) is 16.0 Å². The average Bonchev–Trinajstić information content (AvgIpc) is 3.18. The Bertz CT molecular complexity index is 1530. The number of hydrogen-bond donors (Lipinski definition) is 1. The third-order valence-electron chi connectivity index (χ3n) is 4.81. The molecule has 156 valence electrons. The van der Waals surface area contributed by atoms with E-state index in [4.69, 9.17) is 9.98 Å². The van der Waals surface area contributed by atoms with Crippen LogP contribution in [0.4, 0.5) is 5.69 Å². The number of aromatic amines is 1. The number of thiazole rings is 1. The molecule has 0 aliphatic heterocycles. The minimum atomic E-state index is -0.176. The fraction of sp³-hybridized carbons (Fsp3) is 0.0400. The molecular formula is C25H19N5OS. The number of aromatic nitrogens is 3. The van der Waals surface area contributed by atoms with Gasteiger partial charge in [-0.15, -0.1) is 0 Å². The second-order valence-corrected chi connectivity index (χ2v) is 8.09. The van der Waals surface area contributed by atoms with Crippen LogP contribution < -0.4 is 10.4 Å². The summed E-state index contributed by atoms with van der Waals surface area (Å²) < 4.78 is 2.43. The maximum Gasteiger partial charge on any atom is 0.270 e. The molecule has 0 radical (unpaired) electrons. The van der Waals surface area contributed by atoms with Gasteiger partial charge in [-0.1, -0.05) is 78.1 Å². The Kier molecular flexibility index (Phi) is 5.31. The SMILES string of the molecule is Cc1nc2c(sc(=NC(=Nc3ccccc3)c3ccccc3)n2-c2ccccc2)c(=O)[nH]1. The molecule has 0 aliphatic carbocycles. The van der Waals surface area contributed by atoms with E-state index in [0.717, 1.165) is 16.9 Å². The molecule has 0 unspecified atom stereocenters. The van der Waals surface area contributed by atoms with Crippen molar-refractivity contribution in [3.63, 3.8) is 0 Å². The molecule has 2 aromatic heterocycles. The normalized spacial score (nSPS) is 12.4. The van der Waals surface area contributed by atoms with Crippen LogP contribution in [-0.4, -0.2) is 20.4 Å². The highest BCUT2D eigenvalue weighted by Crippen LogP contribution is 2.18. The largest absolute Gasteiger partial charge is 0.309 e. The first kappa shape index (κ1) is 19.8. The molecule has 0 amide bonds. The molecule has 1 N–H and O–H groups in total. The molecular weight excluding hydrogens is 418 g/mol. The second kappa shape index (κ2) is 8.56. The van der Waals surface area contributed by atoms with Gasteiger partial charge in [0.05, 0.1) is 5.69 Å². The summed E-state index contributed by atoms with van der Waals surface area (Å²) in [4.78, 5) is 30.4. The molecule has 0 fully saturated rings. The number of amidine groups is 1.